The first kappa shape index (κ1) is 36.7. The van der Waals surface area contributed by atoms with Gasteiger partial charge in [-0.25, -0.2) is 0 Å². The second-order valence-corrected chi connectivity index (χ2v) is 23.5. The molecule has 4 aliphatic rings. The summed E-state index contributed by atoms with van der Waals surface area (Å²) in [5, 5.41) is 0. The van der Waals surface area contributed by atoms with Crippen LogP contribution >= 0.6 is 0 Å². The van der Waals surface area contributed by atoms with E-state index in [0.29, 0.717) is 11.8 Å². The maximum Gasteiger partial charge on any atom is 0.127 e. The smallest absolute Gasteiger partial charge is 0.127 e. The summed E-state index contributed by atoms with van der Waals surface area (Å²) in [5.74, 6) is 3.25. The molecule has 49 heavy (non-hydrogen) atoms. The van der Waals surface area contributed by atoms with Crippen LogP contribution in [0.3, 0.4) is 0 Å². The fourth-order valence-electron chi connectivity index (χ4n) is 11.1. The van der Waals surface area contributed by atoms with Crippen LogP contribution in [-0.2, 0) is 10.8 Å². The molecule has 2 nitrogen and oxygen atoms in total. The van der Waals surface area contributed by atoms with Gasteiger partial charge >= 0.3 is 0 Å². The lowest BCUT2D eigenvalue weighted by Crippen LogP contribution is -2.64. The number of nitrogens with zero attached hydrogens (tertiary/aromatic N) is 1. The van der Waals surface area contributed by atoms with Gasteiger partial charge in [-0.3, -0.25) is 0 Å². The molecule has 268 valence electrons. The lowest BCUT2D eigenvalue weighted by Gasteiger charge is -2.55. The molecule has 0 aromatic heterocycles. The summed E-state index contributed by atoms with van der Waals surface area (Å²) < 4.78 is 9.79. The Balaban J connectivity index is 1.39. The van der Waals surface area contributed by atoms with Gasteiger partial charge in [0.15, 0.2) is 0 Å². The monoisotopic (exact) mass is 680 g/mol. The minimum atomic E-state index is -1.78. The topological polar surface area (TPSA) is 12.5 Å². The second-order valence-electron chi connectivity index (χ2n) is 18.9. The van der Waals surface area contributed by atoms with Gasteiger partial charge in [-0.1, -0.05) is 129 Å². The van der Waals surface area contributed by atoms with Crippen LogP contribution in [0.4, 0.5) is 0 Å². The average Bonchev–Trinajstić information content (AvgIpc) is 3.58. The fraction of sp³-hybridized carbons (Fsp3) is 0.652. The summed E-state index contributed by atoms with van der Waals surface area (Å²) in [6, 6.07) is 16.7. The van der Waals surface area contributed by atoms with Crippen molar-refractivity contribution in [1.29, 1.82) is 0 Å². The Morgan fingerprint density at radius 3 is 2.00 bits per heavy atom. The van der Waals surface area contributed by atoms with Gasteiger partial charge in [0.2, 0.25) is 0 Å². The molecule has 0 saturated heterocycles. The third-order valence-corrected chi connectivity index (χ3v) is 17.9. The van der Waals surface area contributed by atoms with Crippen molar-refractivity contribution < 1.29 is 4.74 Å². The molecule has 0 N–H and O–H groups in total. The Kier molecular flexibility index (Phi) is 10.6. The number of rotatable bonds is 11. The van der Waals surface area contributed by atoms with Crippen LogP contribution in [0.2, 0.25) is 18.6 Å². The first-order valence-electron chi connectivity index (χ1n) is 20.4. The number of ether oxygens (including phenoxy) is 1. The highest BCUT2D eigenvalue weighted by Crippen LogP contribution is 2.62. The van der Waals surface area contributed by atoms with E-state index < -0.39 is 8.24 Å². The molecule has 0 spiro atoms. The van der Waals surface area contributed by atoms with Crippen LogP contribution < -0.4 is 4.74 Å². The molecule has 2 fully saturated rings. The number of hydrogen-bond donors (Lipinski definition) is 0. The molecule has 2 saturated carbocycles. The molecule has 0 radical (unpaired) electrons. The molecule has 2 aromatic rings. The molecule has 3 heteroatoms. The van der Waals surface area contributed by atoms with E-state index in [2.05, 4.69) is 128 Å². The van der Waals surface area contributed by atoms with Gasteiger partial charge in [0.25, 0.3) is 0 Å². The number of fused-ring (bicyclic) bond motifs is 4. The van der Waals surface area contributed by atoms with E-state index >= 15 is 0 Å². The van der Waals surface area contributed by atoms with Crippen molar-refractivity contribution in [3.05, 3.63) is 76.9 Å². The van der Waals surface area contributed by atoms with Crippen molar-refractivity contribution in [2.24, 2.45) is 11.8 Å². The van der Waals surface area contributed by atoms with E-state index in [0.717, 1.165) is 23.1 Å². The van der Waals surface area contributed by atoms with Crippen LogP contribution in [0, 0.1) is 11.8 Å². The van der Waals surface area contributed by atoms with Crippen molar-refractivity contribution in [3.63, 3.8) is 0 Å². The summed E-state index contributed by atoms with van der Waals surface area (Å²) in [4.78, 5) is 0. The Hall–Kier alpha value is -2.10. The first-order valence-corrected chi connectivity index (χ1v) is 23.4. The molecule has 0 amide bonds. The van der Waals surface area contributed by atoms with E-state index in [4.69, 9.17) is 4.74 Å². The van der Waals surface area contributed by atoms with Crippen LogP contribution in [0.25, 0.3) is 5.57 Å². The maximum absolute atomic E-state index is 6.64. The molecular formula is C46H69NOSi. The summed E-state index contributed by atoms with van der Waals surface area (Å²) in [6.07, 6.45) is 23.0. The summed E-state index contributed by atoms with van der Waals surface area (Å²) >= 11 is 0. The average molecular weight is 680 g/mol. The van der Waals surface area contributed by atoms with Crippen LogP contribution in [0.15, 0.2) is 60.2 Å². The molecule has 0 aliphatic heterocycles. The molecule has 4 aliphatic carbocycles. The fourth-order valence-corrected chi connectivity index (χ4v) is 16.5. The third kappa shape index (κ3) is 7.06. The Bertz CT molecular complexity index is 1500. The highest BCUT2D eigenvalue weighted by atomic mass is 28.3. The molecule has 3 unspecified atom stereocenters. The zero-order chi connectivity index (χ0) is 35.2. The van der Waals surface area contributed by atoms with E-state index in [9.17, 15) is 0 Å². The molecule has 2 aromatic carbocycles. The zero-order valence-electron chi connectivity index (χ0n) is 33.1. The van der Waals surface area contributed by atoms with Crippen molar-refractivity contribution >= 4 is 13.8 Å². The Morgan fingerprint density at radius 2 is 1.41 bits per heavy atom. The standard InChI is InChI=1S/C46H69NOSi/c1-11-13-28-46(29-14-12-2)41-31-37(48-36-23-21-34(22-24-36)44(3,4)5)25-26-38(41)40-30-33-20-27-43(39(33)32-42(40)46)49(9,10)47(45(6,7)8)35-18-16-15-17-19-35/h21-26,30-33,35,39,43H,11-20,27-29H2,1-10H3. The van der Waals surface area contributed by atoms with Crippen molar-refractivity contribution in [2.75, 3.05) is 0 Å². The van der Waals surface area contributed by atoms with Gasteiger partial charge in [-0.15, -0.1) is 0 Å². The zero-order valence-corrected chi connectivity index (χ0v) is 34.1. The van der Waals surface area contributed by atoms with E-state index in [1.165, 1.54) is 94.6 Å². The lowest BCUT2D eigenvalue weighted by atomic mass is 9.68. The Morgan fingerprint density at radius 1 is 0.776 bits per heavy atom. The summed E-state index contributed by atoms with van der Waals surface area (Å²) in [7, 11) is -1.78. The largest absolute Gasteiger partial charge is 0.457 e. The Labute approximate surface area is 302 Å². The van der Waals surface area contributed by atoms with E-state index in [1.807, 2.05) is 0 Å². The normalized spacial score (nSPS) is 23.9. The number of allylic oxidation sites excluding steroid dienone is 4. The number of benzene rings is 2. The van der Waals surface area contributed by atoms with Gasteiger partial charge in [0, 0.05) is 17.0 Å². The maximum atomic E-state index is 6.64. The van der Waals surface area contributed by atoms with Crippen LogP contribution in [0.5, 0.6) is 11.5 Å². The highest BCUT2D eigenvalue weighted by molar-refractivity contribution is 6.76. The van der Waals surface area contributed by atoms with E-state index in [1.54, 1.807) is 16.7 Å². The quantitative estimate of drug-likeness (QED) is 0.219. The van der Waals surface area contributed by atoms with Gasteiger partial charge in [0.1, 0.15) is 19.7 Å². The first-order chi connectivity index (χ1) is 23.2. The molecule has 0 heterocycles. The summed E-state index contributed by atoms with van der Waals surface area (Å²) in [5.41, 5.74) is 8.88. The SMILES string of the molecule is CCCCC1(CCCC)C2=CC3C(C=C2c2ccc(Oc4ccc(C(C)(C)C)cc4)cc21)CCC3[Si](C)(C)N(C1CCCCC1)C(C)(C)C. The molecular weight excluding hydrogens is 611 g/mol. The third-order valence-electron chi connectivity index (χ3n) is 13.2. The highest BCUT2D eigenvalue weighted by Gasteiger charge is 2.54. The van der Waals surface area contributed by atoms with Crippen molar-refractivity contribution in [3.8, 4) is 11.5 Å². The number of hydrogen-bond acceptors (Lipinski definition) is 2. The molecule has 6 rings (SSSR count). The minimum absolute atomic E-state index is 0.0829. The predicted octanol–water partition coefficient (Wildman–Crippen LogP) is 13.8. The predicted molar refractivity (Wildman–Crippen MR) is 214 cm³/mol. The van der Waals surface area contributed by atoms with Crippen molar-refractivity contribution in [2.45, 2.75) is 180 Å². The second kappa shape index (κ2) is 14.1. The van der Waals surface area contributed by atoms with Gasteiger partial charge in [0.05, 0.1) is 0 Å². The summed E-state index contributed by atoms with van der Waals surface area (Å²) in [6.45, 7) is 24.7. The van der Waals surface area contributed by atoms with Crippen LogP contribution in [0.1, 0.15) is 156 Å². The van der Waals surface area contributed by atoms with Gasteiger partial charge in [-0.05, 0) is 128 Å². The molecule has 3 atom stereocenters. The lowest BCUT2D eigenvalue weighted by molar-refractivity contribution is 0.140. The minimum Gasteiger partial charge on any atom is -0.457 e. The van der Waals surface area contributed by atoms with Gasteiger partial charge in [-0.2, -0.15) is 0 Å². The van der Waals surface area contributed by atoms with Crippen molar-refractivity contribution in [1.82, 2.24) is 4.57 Å². The van der Waals surface area contributed by atoms with E-state index in [-0.39, 0.29) is 16.4 Å². The number of unbranched alkanes of at least 4 members (excludes halogenated alkanes) is 2. The van der Waals surface area contributed by atoms with Gasteiger partial charge < -0.3 is 9.30 Å². The van der Waals surface area contributed by atoms with Crippen LogP contribution in [-0.4, -0.2) is 24.4 Å². The molecule has 0 bridgehead atoms.